The minimum Gasteiger partial charge on any atom is -0.503 e. The molecular weight excluding hydrogens is 422 g/mol. The van der Waals surface area contributed by atoms with Gasteiger partial charge in [0.15, 0.2) is 17.2 Å². The molecule has 1 amide bonds. The minimum atomic E-state index is -0.785. The van der Waals surface area contributed by atoms with Crippen molar-refractivity contribution in [3.63, 3.8) is 0 Å². The lowest BCUT2D eigenvalue weighted by Crippen LogP contribution is -2.32. The van der Waals surface area contributed by atoms with Gasteiger partial charge in [0.05, 0.1) is 7.11 Å². The summed E-state index contributed by atoms with van der Waals surface area (Å²) >= 11 is 0. The van der Waals surface area contributed by atoms with E-state index in [-0.39, 0.29) is 18.1 Å². The first-order valence-electron chi connectivity index (χ1n) is 9.55. The first-order chi connectivity index (χ1) is 15.4. The molecule has 3 aromatic rings. The molecule has 3 rings (SSSR count). The summed E-state index contributed by atoms with van der Waals surface area (Å²) in [5.41, 5.74) is 1.04. The van der Waals surface area contributed by atoms with Gasteiger partial charge < -0.3 is 19.9 Å². The Balaban J connectivity index is 1.64. The van der Waals surface area contributed by atoms with Crippen LogP contribution in [0.15, 0.2) is 60.8 Å². The van der Waals surface area contributed by atoms with E-state index >= 15 is 0 Å². The van der Waals surface area contributed by atoms with Gasteiger partial charge in [-0.05, 0) is 35.4 Å². The number of aromatic hydroxyl groups is 1. The molecule has 0 unspecified atom stereocenters. The van der Waals surface area contributed by atoms with E-state index in [1.165, 1.54) is 43.6 Å². The van der Waals surface area contributed by atoms with Gasteiger partial charge in [-0.2, -0.15) is 0 Å². The molecule has 9 heteroatoms. The Kier molecular flexibility index (Phi) is 7.33. The van der Waals surface area contributed by atoms with Gasteiger partial charge in [-0.1, -0.05) is 24.3 Å². The molecule has 32 heavy (non-hydrogen) atoms. The third kappa shape index (κ3) is 5.57. The summed E-state index contributed by atoms with van der Waals surface area (Å²) in [6, 6.07) is 12.7. The second kappa shape index (κ2) is 10.3. The van der Waals surface area contributed by atoms with Crippen LogP contribution in [0.5, 0.6) is 11.5 Å². The van der Waals surface area contributed by atoms with Crippen LogP contribution in [0.3, 0.4) is 0 Å². The van der Waals surface area contributed by atoms with Gasteiger partial charge in [-0.15, -0.1) is 0 Å². The van der Waals surface area contributed by atoms with E-state index in [2.05, 4.69) is 10.3 Å². The molecule has 0 saturated heterocycles. The van der Waals surface area contributed by atoms with Crippen LogP contribution in [0.25, 0.3) is 0 Å². The van der Waals surface area contributed by atoms with E-state index in [1.54, 1.807) is 24.3 Å². The van der Waals surface area contributed by atoms with Gasteiger partial charge >= 0.3 is 5.97 Å². The van der Waals surface area contributed by atoms with Gasteiger partial charge in [-0.3, -0.25) is 9.59 Å². The number of ether oxygens (including phenoxy) is 2. The number of aromatic nitrogens is 1. The molecular formula is C23H20F2N2O5. The summed E-state index contributed by atoms with van der Waals surface area (Å²) in [6.45, 7) is -0.592. The van der Waals surface area contributed by atoms with Crippen LogP contribution in [-0.4, -0.2) is 42.2 Å². The molecule has 7 nitrogen and oxygen atoms in total. The lowest BCUT2D eigenvalue weighted by molar-refractivity contribution is -0.142. The summed E-state index contributed by atoms with van der Waals surface area (Å²) < 4.78 is 36.8. The van der Waals surface area contributed by atoms with E-state index in [0.717, 1.165) is 0 Å². The number of benzene rings is 2. The van der Waals surface area contributed by atoms with E-state index in [4.69, 9.17) is 9.47 Å². The summed E-state index contributed by atoms with van der Waals surface area (Å²) in [5, 5.41) is 12.3. The van der Waals surface area contributed by atoms with E-state index in [0.29, 0.717) is 11.1 Å². The van der Waals surface area contributed by atoms with Crippen molar-refractivity contribution >= 4 is 11.9 Å². The number of carbonyl (C=O) groups excluding carboxylic acids is 2. The zero-order valence-corrected chi connectivity index (χ0v) is 17.0. The van der Waals surface area contributed by atoms with Crippen LogP contribution in [-0.2, 0) is 9.53 Å². The number of pyridine rings is 1. The fourth-order valence-corrected chi connectivity index (χ4v) is 3.01. The van der Waals surface area contributed by atoms with Crippen molar-refractivity contribution in [2.24, 2.45) is 0 Å². The van der Waals surface area contributed by atoms with Crippen molar-refractivity contribution in [2.45, 2.75) is 5.92 Å². The topological polar surface area (TPSA) is 97.8 Å². The smallest absolute Gasteiger partial charge is 0.325 e. The molecule has 166 valence electrons. The first kappa shape index (κ1) is 22.7. The minimum absolute atomic E-state index is 0.0640. The average molecular weight is 442 g/mol. The zero-order valence-electron chi connectivity index (χ0n) is 17.0. The van der Waals surface area contributed by atoms with Crippen LogP contribution >= 0.6 is 0 Å². The fraction of sp³-hybridized carbons (Fsp3) is 0.174. The zero-order chi connectivity index (χ0) is 23.1. The Labute approximate surface area is 182 Å². The number of nitrogens with one attached hydrogen (secondary N) is 1. The summed E-state index contributed by atoms with van der Waals surface area (Å²) in [7, 11) is 1.33. The van der Waals surface area contributed by atoms with Gasteiger partial charge in [-0.25, -0.2) is 13.8 Å². The number of methoxy groups -OCH3 is 1. The molecule has 0 atom stereocenters. The molecule has 1 aromatic heterocycles. The van der Waals surface area contributed by atoms with Crippen molar-refractivity contribution < 1.29 is 33.0 Å². The van der Waals surface area contributed by atoms with Crippen molar-refractivity contribution in [3.8, 4) is 11.5 Å². The second-order valence-electron chi connectivity index (χ2n) is 6.73. The molecule has 2 aromatic carbocycles. The third-order valence-electron chi connectivity index (χ3n) is 4.67. The van der Waals surface area contributed by atoms with Crippen molar-refractivity contribution in [1.82, 2.24) is 10.3 Å². The van der Waals surface area contributed by atoms with Crippen LogP contribution in [0.1, 0.15) is 27.5 Å². The number of esters is 1. The van der Waals surface area contributed by atoms with Crippen molar-refractivity contribution in [3.05, 3.63) is 89.2 Å². The highest BCUT2D eigenvalue weighted by molar-refractivity contribution is 5.97. The molecule has 0 aliphatic rings. The maximum Gasteiger partial charge on any atom is 0.325 e. The van der Waals surface area contributed by atoms with E-state index < -0.39 is 41.7 Å². The Morgan fingerprint density at radius 3 is 2.09 bits per heavy atom. The molecule has 2 N–H and O–H groups in total. The highest BCUT2D eigenvalue weighted by Crippen LogP contribution is 2.27. The maximum absolute atomic E-state index is 13.3. The van der Waals surface area contributed by atoms with Gasteiger partial charge in [0.1, 0.15) is 24.8 Å². The molecule has 0 saturated carbocycles. The predicted molar refractivity (Wildman–Crippen MR) is 110 cm³/mol. The van der Waals surface area contributed by atoms with Crippen LogP contribution in [0, 0.1) is 11.6 Å². The van der Waals surface area contributed by atoms with E-state index in [1.807, 2.05) is 0 Å². The number of amides is 1. The highest BCUT2D eigenvalue weighted by atomic mass is 19.1. The molecule has 1 heterocycles. The summed E-state index contributed by atoms with van der Waals surface area (Å²) in [6.07, 6.45) is 1.28. The van der Waals surface area contributed by atoms with E-state index in [9.17, 15) is 23.5 Å². The molecule has 0 bridgehead atoms. The van der Waals surface area contributed by atoms with Gasteiger partial charge in [0.25, 0.3) is 5.91 Å². The van der Waals surface area contributed by atoms with Crippen molar-refractivity contribution in [1.29, 1.82) is 0 Å². The molecule has 0 spiro atoms. The number of rotatable bonds is 8. The Morgan fingerprint density at radius 1 is 1.00 bits per heavy atom. The Morgan fingerprint density at radius 2 is 1.56 bits per heavy atom. The standard InChI is InChI=1S/C23H20F2N2O5/c1-31-19-10-11-26-21(22(19)29)23(30)27-12-20(28)32-13-18(14-2-6-16(24)7-3-14)15-4-8-17(25)9-5-15/h2-11,18,29H,12-13H2,1H3,(H,27,30). The van der Waals surface area contributed by atoms with Crippen LogP contribution in [0.2, 0.25) is 0 Å². The maximum atomic E-state index is 13.3. The SMILES string of the molecule is COc1ccnc(C(=O)NCC(=O)OCC(c2ccc(F)cc2)c2ccc(F)cc2)c1O. The molecule has 0 aliphatic carbocycles. The number of halogens is 2. The number of hydrogen-bond donors (Lipinski definition) is 2. The molecule has 0 radical (unpaired) electrons. The number of carbonyl (C=O) groups is 2. The number of hydrogen-bond acceptors (Lipinski definition) is 6. The van der Waals surface area contributed by atoms with Gasteiger partial charge in [0.2, 0.25) is 0 Å². The normalized spacial score (nSPS) is 10.6. The highest BCUT2D eigenvalue weighted by Gasteiger charge is 2.20. The Hall–Kier alpha value is -4.01. The van der Waals surface area contributed by atoms with Gasteiger partial charge in [0, 0.05) is 18.2 Å². The fourth-order valence-electron chi connectivity index (χ4n) is 3.01. The summed E-state index contributed by atoms with van der Waals surface area (Å²) in [4.78, 5) is 28.2. The van der Waals surface area contributed by atoms with Crippen LogP contribution < -0.4 is 10.1 Å². The number of nitrogens with zero attached hydrogens (tertiary/aromatic N) is 1. The lowest BCUT2D eigenvalue weighted by Gasteiger charge is -2.18. The molecule has 0 aliphatic heterocycles. The van der Waals surface area contributed by atoms with Crippen LogP contribution in [0.4, 0.5) is 8.78 Å². The largest absolute Gasteiger partial charge is 0.503 e. The lowest BCUT2D eigenvalue weighted by atomic mass is 9.92. The second-order valence-corrected chi connectivity index (χ2v) is 6.73. The molecule has 0 fully saturated rings. The Bertz CT molecular complexity index is 1040. The summed E-state index contributed by atoms with van der Waals surface area (Å²) in [5.74, 6) is -3.22. The average Bonchev–Trinajstić information content (AvgIpc) is 2.80. The quantitative estimate of drug-likeness (QED) is 0.520. The van der Waals surface area contributed by atoms with Crippen molar-refractivity contribution in [2.75, 3.05) is 20.3 Å². The third-order valence-corrected chi connectivity index (χ3v) is 4.67. The predicted octanol–water partition coefficient (Wildman–Crippen LogP) is 3.18. The first-order valence-corrected chi connectivity index (χ1v) is 9.55. The monoisotopic (exact) mass is 442 g/mol.